The molecule has 2 rings (SSSR count). The maximum absolute atomic E-state index is 11.1. The standard InChI is InChI=1S/C10H7ClO4/c11-4-5-3-8(13)15-10-6(5)1-2-7(12)9(10)14/h1-3,12,14H,4H2. The number of hydrogen-bond acceptors (Lipinski definition) is 4. The van der Waals surface area contributed by atoms with Gasteiger partial charge in [-0.1, -0.05) is 0 Å². The van der Waals surface area contributed by atoms with Gasteiger partial charge in [0, 0.05) is 17.3 Å². The molecule has 1 aromatic heterocycles. The summed E-state index contributed by atoms with van der Waals surface area (Å²) in [6.45, 7) is 0. The Morgan fingerprint density at radius 2 is 2.07 bits per heavy atom. The number of fused-ring (bicyclic) bond motifs is 1. The van der Waals surface area contributed by atoms with E-state index in [0.717, 1.165) is 0 Å². The Hall–Kier alpha value is -1.68. The van der Waals surface area contributed by atoms with Crippen molar-refractivity contribution in [2.75, 3.05) is 0 Å². The minimum Gasteiger partial charge on any atom is -0.504 e. The van der Waals surface area contributed by atoms with E-state index in [-0.39, 0.29) is 17.2 Å². The molecule has 0 radical (unpaired) electrons. The normalized spacial score (nSPS) is 10.7. The first-order chi connectivity index (χ1) is 7.13. The minimum atomic E-state index is -0.612. The first-order valence-corrected chi connectivity index (χ1v) is 4.70. The van der Waals surface area contributed by atoms with Crippen LogP contribution in [0.4, 0.5) is 0 Å². The van der Waals surface area contributed by atoms with Crippen molar-refractivity contribution in [3.8, 4) is 11.5 Å². The summed E-state index contributed by atoms with van der Waals surface area (Å²) in [4.78, 5) is 11.1. The van der Waals surface area contributed by atoms with Gasteiger partial charge in [0.25, 0.3) is 0 Å². The van der Waals surface area contributed by atoms with Crippen molar-refractivity contribution >= 4 is 22.6 Å². The van der Waals surface area contributed by atoms with Crippen LogP contribution >= 0.6 is 11.6 Å². The second-order valence-electron chi connectivity index (χ2n) is 3.03. The van der Waals surface area contributed by atoms with Crippen LogP contribution < -0.4 is 5.63 Å². The van der Waals surface area contributed by atoms with E-state index < -0.39 is 11.4 Å². The van der Waals surface area contributed by atoms with E-state index in [1.54, 1.807) is 0 Å². The van der Waals surface area contributed by atoms with E-state index in [0.29, 0.717) is 10.9 Å². The van der Waals surface area contributed by atoms with Crippen LogP contribution in [-0.2, 0) is 5.88 Å². The maximum Gasteiger partial charge on any atom is 0.336 e. The van der Waals surface area contributed by atoms with Crippen molar-refractivity contribution in [1.82, 2.24) is 0 Å². The van der Waals surface area contributed by atoms with Gasteiger partial charge in [0.05, 0.1) is 0 Å². The zero-order valence-corrected chi connectivity index (χ0v) is 8.28. The van der Waals surface area contributed by atoms with Crippen LogP contribution in [0.3, 0.4) is 0 Å². The van der Waals surface area contributed by atoms with E-state index >= 15 is 0 Å². The average molecular weight is 227 g/mol. The summed E-state index contributed by atoms with van der Waals surface area (Å²) < 4.78 is 4.79. The van der Waals surface area contributed by atoms with Gasteiger partial charge in [-0.05, 0) is 17.7 Å². The highest BCUT2D eigenvalue weighted by Crippen LogP contribution is 2.34. The third-order valence-electron chi connectivity index (χ3n) is 2.09. The number of hydrogen-bond donors (Lipinski definition) is 2. The summed E-state index contributed by atoms with van der Waals surface area (Å²) in [7, 11) is 0. The summed E-state index contributed by atoms with van der Waals surface area (Å²) in [6, 6.07) is 4.10. The Kier molecular flexibility index (Phi) is 2.28. The molecule has 0 bridgehead atoms. The molecule has 0 unspecified atom stereocenters. The van der Waals surface area contributed by atoms with Gasteiger partial charge in [0.15, 0.2) is 11.3 Å². The molecule has 4 nitrogen and oxygen atoms in total. The van der Waals surface area contributed by atoms with Crippen molar-refractivity contribution in [1.29, 1.82) is 0 Å². The molecule has 0 aliphatic heterocycles. The first kappa shape index (κ1) is 9.86. The summed E-state index contributed by atoms with van der Waals surface area (Å²) >= 11 is 5.65. The fourth-order valence-electron chi connectivity index (χ4n) is 1.38. The van der Waals surface area contributed by atoms with Crippen molar-refractivity contribution in [2.24, 2.45) is 0 Å². The lowest BCUT2D eigenvalue weighted by atomic mass is 10.1. The minimum absolute atomic E-state index is 0.0434. The van der Waals surface area contributed by atoms with Crippen LogP contribution in [0.1, 0.15) is 5.56 Å². The third kappa shape index (κ3) is 1.53. The van der Waals surface area contributed by atoms with Crippen LogP contribution in [0.2, 0.25) is 0 Å². The van der Waals surface area contributed by atoms with E-state index in [2.05, 4.69) is 0 Å². The highest BCUT2D eigenvalue weighted by atomic mass is 35.5. The molecule has 0 saturated carbocycles. The van der Waals surface area contributed by atoms with Gasteiger partial charge in [-0.2, -0.15) is 0 Å². The Bertz CT molecular complexity index is 573. The molecule has 0 aliphatic rings. The molecule has 0 spiro atoms. The molecule has 0 saturated heterocycles. The predicted octanol–water partition coefficient (Wildman–Crippen LogP) is 1.94. The molecule has 1 heterocycles. The molecule has 15 heavy (non-hydrogen) atoms. The highest BCUT2D eigenvalue weighted by molar-refractivity contribution is 6.18. The van der Waals surface area contributed by atoms with E-state index in [1.807, 2.05) is 0 Å². The monoisotopic (exact) mass is 226 g/mol. The van der Waals surface area contributed by atoms with E-state index in [9.17, 15) is 15.0 Å². The Morgan fingerprint density at radius 3 is 2.73 bits per heavy atom. The molecule has 0 fully saturated rings. The maximum atomic E-state index is 11.1. The van der Waals surface area contributed by atoms with Crippen molar-refractivity contribution < 1.29 is 14.6 Å². The van der Waals surface area contributed by atoms with Crippen LogP contribution in [0.5, 0.6) is 11.5 Å². The number of phenols is 2. The van der Waals surface area contributed by atoms with Crippen LogP contribution in [0.25, 0.3) is 11.0 Å². The number of halogens is 1. The Morgan fingerprint density at radius 1 is 1.33 bits per heavy atom. The second-order valence-corrected chi connectivity index (χ2v) is 3.30. The van der Waals surface area contributed by atoms with Gasteiger partial charge in [-0.3, -0.25) is 0 Å². The molecular weight excluding hydrogens is 220 g/mol. The van der Waals surface area contributed by atoms with Crippen LogP contribution in [-0.4, -0.2) is 10.2 Å². The van der Waals surface area contributed by atoms with Crippen molar-refractivity contribution in [3.05, 3.63) is 34.2 Å². The quantitative estimate of drug-likeness (QED) is 0.443. The number of phenolic OH excluding ortho intramolecular Hbond substituents is 2. The Balaban J connectivity index is 2.96. The van der Waals surface area contributed by atoms with Crippen molar-refractivity contribution in [3.63, 3.8) is 0 Å². The highest BCUT2D eigenvalue weighted by Gasteiger charge is 2.11. The molecule has 0 atom stereocenters. The van der Waals surface area contributed by atoms with Gasteiger partial charge in [0.1, 0.15) is 0 Å². The van der Waals surface area contributed by atoms with Gasteiger partial charge in [-0.25, -0.2) is 4.79 Å². The van der Waals surface area contributed by atoms with E-state index in [4.69, 9.17) is 16.0 Å². The molecule has 0 amide bonds. The van der Waals surface area contributed by atoms with Gasteiger partial charge >= 0.3 is 5.63 Å². The largest absolute Gasteiger partial charge is 0.504 e. The molecule has 2 aromatic rings. The van der Waals surface area contributed by atoms with Crippen LogP contribution in [0.15, 0.2) is 27.4 Å². The smallest absolute Gasteiger partial charge is 0.336 e. The topological polar surface area (TPSA) is 70.7 Å². The Labute approximate surface area is 89.3 Å². The molecular formula is C10H7ClO4. The van der Waals surface area contributed by atoms with Gasteiger partial charge in [0.2, 0.25) is 5.75 Å². The lowest BCUT2D eigenvalue weighted by molar-refractivity contribution is 0.397. The number of rotatable bonds is 1. The van der Waals surface area contributed by atoms with Gasteiger partial charge in [-0.15, -0.1) is 11.6 Å². The molecule has 5 heteroatoms. The summed E-state index contributed by atoms with van der Waals surface area (Å²) in [6.07, 6.45) is 0. The molecule has 78 valence electrons. The predicted molar refractivity (Wildman–Crippen MR) is 55.4 cm³/mol. The number of aromatic hydroxyl groups is 2. The second kappa shape index (κ2) is 3.47. The lowest BCUT2D eigenvalue weighted by Gasteiger charge is -2.04. The fourth-order valence-corrected chi connectivity index (χ4v) is 1.60. The van der Waals surface area contributed by atoms with Crippen molar-refractivity contribution in [2.45, 2.75) is 5.88 Å². The first-order valence-electron chi connectivity index (χ1n) is 4.17. The fraction of sp³-hybridized carbons (Fsp3) is 0.100. The zero-order valence-electron chi connectivity index (χ0n) is 7.53. The van der Waals surface area contributed by atoms with Crippen LogP contribution in [0, 0.1) is 0 Å². The summed E-state index contributed by atoms with van der Waals surface area (Å²) in [5, 5.41) is 19.2. The molecule has 1 aromatic carbocycles. The SMILES string of the molecule is O=c1cc(CCl)c2ccc(O)c(O)c2o1. The number of alkyl halides is 1. The third-order valence-corrected chi connectivity index (χ3v) is 2.38. The van der Waals surface area contributed by atoms with E-state index in [1.165, 1.54) is 18.2 Å². The summed E-state index contributed by atoms with van der Waals surface area (Å²) in [5.74, 6) is -0.652. The average Bonchev–Trinajstić information content (AvgIpc) is 2.23. The molecule has 2 N–H and O–H groups in total. The van der Waals surface area contributed by atoms with Gasteiger partial charge < -0.3 is 14.6 Å². The number of benzene rings is 1. The zero-order chi connectivity index (χ0) is 11.0. The summed E-state index contributed by atoms with van der Waals surface area (Å²) in [5.41, 5.74) is -0.101. The lowest BCUT2D eigenvalue weighted by Crippen LogP contribution is -1.99. The molecule has 0 aliphatic carbocycles.